The maximum absolute atomic E-state index is 13.1. The molecular weight excluding hydrogens is 352 g/mol. The molecule has 3 aromatic rings. The van der Waals surface area contributed by atoms with Gasteiger partial charge in [-0.3, -0.25) is 9.59 Å². The number of benzene rings is 2. The van der Waals surface area contributed by atoms with Gasteiger partial charge < -0.3 is 14.6 Å². The molecule has 2 aromatic carbocycles. The standard InChI is InChI=1S/C23H24N2O3/c1-17-16-20(26)21(23(27)24-19-12-7-4-8-13-19)22(18-10-5-3-6-11-18)25(17)14-9-15-28-2/h3-8,10-13,16H,9,14-15H2,1-2H3,(H,24,27). The zero-order valence-electron chi connectivity index (χ0n) is 16.1. The number of ether oxygens (including phenoxy) is 1. The van der Waals surface area contributed by atoms with Crippen molar-refractivity contribution in [1.82, 2.24) is 4.57 Å². The highest BCUT2D eigenvalue weighted by molar-refractivity contribution is 6.08. The summed E-state index contributed by atoms with van der Waals surface area (Å²) in [5, 5.41) is 2.85. The third-order valence-corrected chi connectivity index (χ3v) is 4.55. The van der Waals surface area contributed by atoms with Crippen molar-refractivity contribution in [2.75, 3.05) is 19.0 Å². The second-order valence-corrected chi connectivity index (χ2v) is 6.56. The Balaban J connectivity index is 2.13. The van der Waals surface area contributed by atoms with Crippen molar-refractivity contribution in [1.29, 1.82) is 0 Å². The van der Waals surface area contributed by atoms with Gasteiger partial charge in [0.05, 0.1) is 5.69 Å². The number of hydrogen-bond donors (Lipinski definition) is 1. The third kappa shape index (κ3) is 4.38. The van der Waals surface area contributed by atoms with Crippen molar-refractivity contribution in [2.24, 2.45) is 0 Å². The van der Waals surface area contributed by atoms with Gasteiger partial charge in [0.25, 0.3) is 5.91 Å². The molecule has 0 bridgehead atoms. The topological polar surface area (TPSA) is 60.3 Å². The number of methoxy groups -OCH3 is 1. The molecule has 1 aromatic heterocycles. The first kappa shape index (κ1) is 19.6. The minimum Gasteiger partial charge on any atom is -0.385 e. The molecule has 0 aliphatic carbocycles. The molecule has 144 valence electrons. The van der Waals surface area contributed by atoms with E-state index in [0.717, 1.165) is 17.7 Å². The smallest absolute Gasteiger partial charge is 0.261 e. The molecule has 0 fully saturated rings. The number of nitrogens with one attached hydrogen (secondary N) is 1. The van der Waals surface area contributed by atoms with Crippen LogP contribution in [0.2, 0.25) is 0 Å². The highest BCUT2D eigenvalue weighted by atomic mass is 16.5. The fraction of sp³-hybridized carbons (Fsp3) is 0.217. The summed E-state index contributed by atoms with van der Waals surface area (Å²) in [6.07, 6.45) is 0.778. The number of amides is 1. The summed E-state index contributed by atoms with van der Waals surface area (Å²) in [6.45, 7) is 3.14. The van der Waals surface area contributed by atoms with E-state index in [1.807, 2.05) is 60.0 Å². The fourth-order valence-corrected chi connectivity index (χ4v) is 3.25. The van der Waals surface area contributed by atoms with Gasteiger partial charge >= 0.3 is 0 Å². The van der Waals surface area contributed by atoms with Gasteiger partial charge in [-0.2, -0.15) is 0 Å². The van der Waals surface area contributed by atoms with Gasteiger partial charge in [-0.15, -0.1) is 0 Å². The van der Waals surface area contributed by atoms with Crippen LogP contribution in [0.1, 0.15) is 22.5 Å². The van der Waals surface area contributed by atoms with Gasteiger partial charge in [0.1, 0.15) is 5.56 Å². The highest BCUT2D eigenvalue weighted by Gasteiger charge is 2.21. The number of rotatable bonds is 7. The van der Waals surface area contributed by atoms with Gasteiger partial charge in [-0.1, -0.05) is 48.5 Å². The molecule has 3 rings (SSSR count). The molecule has 1 heterocycles. The van der Waals surface area contributed by atoms with E-state index >= 15 is 0 Å². The summed E-state index contributed by atoms with van der Waals surface area (Å²) in [4.78, 5) is 25.9. The number of carbonyl (C=O) groups excluding carboxylic acids is 1. The number of hydrogen-bond acceptors (Lipinski definition) is 3. The van der Waals surface area contributed by atoms with Gasteiger partial charge in [-0.25, -0.2) is 0 Å². The molecule has 1 N–H and O–H groups in total. The number of carbonyl (C=O) groups is 1. The van der Waals surface area contributed by atoms with Crippen LogP contribution in [0.25, 0.3) is 11.3 Å². The van der Waals surface area contributed by atoms with Crippen molar-refractivity contribution in [3.8, 4) is 11.3 Å². The van der Waals surface area contributed by atoms with Crippen LogP contribution in [0.5, 0.6) is 0 Å². The predicted octanol–water partition coefficient (Wildman–Crippen LogP) is 4.11. The van der Waals surface area contributed by atoms with E-state index in [1.165, 1.54) is 6.07 Å². The van der Waals surface area contributed by atoms with Crippen molar-refractivity contribution < 1.29 is 9.53 Å². The molecule has 0 saturated heterocycles. The number of aromatic nitrogens is 1. The Bertz CT molecular complexity index is 996. The summed E-state index contributed by atoms with van der Waals surface area (Å²) in [5.41, 5.74) is 2.80. The molecular formula is C23H24N2O3. The Morgan fingerprint density at radius 1 is 1.04 bits per heavy atom. The SMILES string of the molecule is COCCCn1c(C)cc(=O)c(C(=O)Nc2ccccc2)c1-c1ccccc1. The maximum Gasteiger partial charge on any atom is 0.261 e. The molecule has 0 aliphatic heterocycles. The normalized spacial score (nSPS) is 10.6. The summed E-state index contributed by atoms with van der Waals surface area (Å²) in [6, 6.07) is 20.2. The summed E-state index contributed by atoms with van der Waals surface area (Å²) >= 11 is 0. The molecule has 0 spiro atoms. The Morgan fingerprint density at radius 3 is 2.32 bits per heavy atom. The lowest BCUT2D eigenvalue weighted by Gasteiger charge is -2.20. The van der Waals surface area contributed by atoms with Crippen molar-refractivity contribution in [2.45, 2.75) is 19.9 Å². The number of anilines is 1. The van der Waals surface area contributed by atoms with E-state index in [0.29, 0.717) is 24.5 Å². The lowest BCUT2D eigenvalue weighted by molar-refractivity contribution is 0.102. The third-order valence-electron chi connectivity index (χ3n) is 4.55. The Morgan fingerprint density at radius 2 is 1.68 bits per heavy atom. The summed E-state index contributed by atoms with van der Waals surface area (Å²) in [5.74, 6) is -0.407. The fourth-order valence-electron chi connectivity index (χ4n) is 3.25. The van der Waals surface area contributed by atoms with E-state index in [4.69, 9.17) is 4.74 Å². The Hall–Kier alpha value is -3.18. The van der Waals surface area contributed by atoms with Gasteiger partial charge in [0.2, 0.25) is 0 Å². The van der Waals surface area contributed by atoms with Crippen LogP contribution in [-0.2, 0) is 11.3 Å². The van der Waals surface area contributed by atoms with Gasteiger partial charge in [0.15, 0.2) is 5.43 Å². The molecule has 0 radical (unpaired) electrons. The average Bonchev–Trinajstić information content (AvgIpc) is 2.70. The van der Waals surface area contributed by atoms with Crippen LogP contribution in [-0.4, -0.2) is 24.2 Å². The summed E-state index contributed by atoms with van der Waals surface area (Å²) in [7, 11) is 1.66. The lowest BCUT2D eigenvalue weighted by atomic mass is 10.0. The molecule has 1 amide bonds. The van der Waals surface area contributed by atoms with Crippen LogP contribution in [0.15, 0.2) is 71.5 Å². The Labute approximate surface area is 164 Å². The van der Waals surface area contributed by atoms with E-state index in [2.05, 4.69) is 5.32 Å². The number of aryl methyl sites for hydroxylation is 1. The number of nitrogens with zero attached hydrogens (tertiary/aromatic N) is 1. The van der Waals surface area contributed by atoms with E-state index in [1.54, 1.807) is 19.2 Å². The monoisotopic (exact) mass is 376 g/mol. The number of para-hydroxylation sites is 1. The average molecular weight is 376 g/mol. The van der Waals surface area contributed by atoms with Crippen LogP contribution >= 0.6 is 0 Å². The molecule has 0 saturated carbocycles. The molecule has 0 unspecified atom stereocenters. The molecule has 28 heavy (non-hydrogen) atoms. The van der Waals surface area contributed by atoms with E-state index in [9.17, 15) is 9.59 Å². The zero-order chi connectivity index (χ0) is 19.9. The Kier molecular flexibility index (Phi) is 6.40. The van der Waals surface area contributed by atoms with Gasteiger partial charge in [0, 0.05) is 37.7 Å². The van der Waals surface area contributed by atoms with Gasteiger partial charge in [-0.05, 0) is 31.0 Å². The highest BCUT2D eigenvalue weighted by Crippen LogP contribution is 2.24. The first-order valence-corrected chi connectivity index (χ1v) is 9.27. The van der Waals surface area contributed by atoms with Crippen molar-refractivity contribution in [3.05, 3.63) is 88.2 Å². The van der Waals surface area contributed by atoms with E-state index < -0.39 is 5.91 Å². The largest absolute Gasteiger partial charge is 0.385 e. The van der Waals surface area contributed by atoms with Crippen molar-refractivity contribution in [3.63, 3.8) is 0 Å². The maximum atomic E-state index is 13.1. The summed E-state index contributed by atoms with van der Waals surface area (Å²) < 4.78 is 7.20. The van der Waals surface area contributed by atoms with Crippen LogP contribution in [0, 0.1) is 6.92 Å². The first-order chi connectivity index (χ1) is 13.6. The zero-order valence-corrected chi connectivity index (χ0v) is 16.1. The molecule has 5 heteroatoms. The number of pyridine rings is 1. The van der Waals surface area contributed by atoms with Crippen molar-refractivity contribution >= 4 is 11.6 Å². The minimum absolute atomic E-state index is 0.151. The minimum atomic E-state index is -0.407. The van der Waals surface area contributed by atoms with Crippen LogP contribution in [0.4, 0.5) is 5.69 Å². The second-order valence-electron chi connectivity index (χ2n) is 6.56. The molecule has 0 atom stereocenters. The quantitative estimate of drug-likeness (QED) is 0.631. The second kappa shape index (κ2) is 9.15. The first-order valence-electron chi connectivity index (χ1n) is 9.27. The lowest BCUT2D eigenvalue weighted by Crippen LogP contribution is -2.27. The molecule has 5 nitrogen and oxygen atoms in total. The van der Waals surface area contributed by atoms with Crippen LogP contribution in [0.3, 0.4) is 0 Å². The molecule has 0 aliphatic rings. The van der Waals surface area contributed by atoms with E-state index in [-0.39, 0.29) is 11.0 Å². The van der Waals surface area contributed by atoms with Crippen LogP contribution < -0.4 is 10.7 Å². The predicted molar refractivity (Wildman–Crippen MR) is 112 cm³/mol.